The summed E-state index contributed by atoms with van der Waals surface area (Å²) in [7, 11) is 1.42. The molecule has 0 radical (unpaired) electrons. The molecule has 25 heavy (non-hydrogen) atoms. The average Bonchev–Trinajstić information content (AvgIpc) is 3.45. The van der Waals surface area contributed by atoms with Gasteiger partial charge in [-0.05, 0) is 61.2 Å². The minimum absolute atomic E-state index is 0.0898. The average molecular weight is 341 g/mol. The van der Waals surface area contributed by atoms with Crippen LogP contribution in [0.2, 0.25) is 0 Å². The number of hydrogen-bond donors (Lipinski definition) is 2. The van der Waals surface area contributed by atoms with Crippen molar-refractivity contribution < 1.29 is 24.2 Å². The summed E-state index contributed by atoms with van der Waals surface area (Å²) in [5.41, 5.74) is 0.974. The van der Waals surface area contributed by atoms with Gasteiger partial charge in [-0.2, -0.15) is 0 Å². The van der Waals surface area contributed by atoms with E-state index in [1.807, 2.05) is 0 Å². The number of carboxylic acids is 1. The Kier molecular flexibility index (Phi) is 4.88. The van der Waals surface area contributed by atoms with Gasteiger partial charge in [-0.25, -0.2) is 4.79 Å². The Hall–Kier alpha value is -3.02. The smallest absolute Gasteiger partial charge is 0.335 e. The molecule has 0 aromatic heterocycles. The van der Waals surface area contributed by atoms with Crippen molar-refractivity contribution in [3.63, 3.8) is 0 Å². The molecule has 1 aliphatic carbocycles. The number of rotatable bonds is 7. The van der Waals surface area contributed by atoms with Crippen molar-refractivity contribution in [3.05, 3.63) is 53.6 Å². The van der Waals surface area contributed by atoms with E-state index in [9.17, 15) is 9.59 Å². The van der Waals surface area contributed by atoms with Crippen molar-refractivity contribution in [1.82, 2.24) is 0 Å². The van der Waals surface area contributed by atoms with Crippen LogP contribution in [-0.2, 0) is 0 Å². The molecule has 2 aromatic carbocycles. The largest absolute Gasteiger partial charge is 0.495 e. The fraction of sp³-hybridized carbons (Fsp3) is 0.263. The molecule has 0 bridgehead atoms. The van der Waals surface area contributed by atoms with Crippen LogP contribution in [0.3, 0.4) is 0 Å². The number of carboxylic acid groups (broad SMARTS) is 1. The zero-order valence-corrected chi connectivity index (χ0v) is 13.8. The van der Waals surface area contributed by atoms with Gasteiger partial charge in [0.05, 0.1) is 25.0 Å². The third kappa shape index (κ3) is 4.29. The molecule has 6 heteroatoms. The lowest BCUT2D eigenvalue weighted by Gasteiger charge is -2.11. The number of hydrogen-bond acceptors (Lipinski definition) is 4. The van der Waals surface area contributed by atoms with Crippen LogP contribution in [-0.4, -0.2) is 30.7 Å². The van der Waals surface area contributed by atoms with E-state index in [1.165, 1.54) is 38.2 Å². The molecule has 1 amide bonds. The number of aromatic carboxylic acids is 1. The van der Waals surface area contributed by atoms with E-state index in [-0.39, 0.29) is 17.2 Å². The van der Waals surface area contributed by atoms with Crippen molar-refractivity contribution >= 4 is 17.6 Å². The topological polar surface area (TPSA) is 84.9 Å². The maximum atomic E-state index is 12.4. The summed E-state index contributed by atoms with van der Waals surface area (Å²) in [5, 5.41) is 11.7. The first-order valence-electron chi connectivity index (χ1n) is 8.02. The summed E-state index contributed by atoms with van der Waals surface area (Å²) in [4.78, 5) is 23.4. The van der Waals surface area contributed by atoms with Gasteiger partial charge in [-0.15, -0.1) is 0 Å². The van der Waals surface area contributed by atoms with Gasteiger partial charge in [0.1, 0.15) is 11.5 Å². The zero-order valence-electron chi connectivity index (χ0n) is 13.8. The van der Waals surface area contributed by atoms with Crippen molar-refractivity contribution in [2.45, 2.75) is 12.8 Å². The maximum absolute atomic E-state index is 12.4. The zero-order chi connectivity index (χ0) is 17.8. The normalized spacial score (nSPS) is 13.2. The first-order chi connectivity index (χ1) is 12.1. The number of anilines is 1. The van der Waals surface area contributed by atoms with E-state index in [4.69, 9.17) is 14.6 Å². The fourth-order valence-electron chi connectivity index (χ4n) is 2.32. The van der Waals surface area contributed by atoms with Gasteiger partial charge in [0.2, 0.25) is 0 Å². The molecule has 2 aromatic rings. The number of nitrogens with one attached hydrogen (secondary N) is 1. The Morgan fingerprint density at radius 1 is 1.12 bits per heavy atom. The van der Waals surface area contributed by atoms with Crippen LogP contribution in [0.1, 0.15) is 33.6 Å². The summed E-state index contributed by atoms with van der Waals surface area (Å²) in [6.07, 6.45) is 2.45. The number of methoxy groups -OCH3 is 1. The van der Waals surface area contributed by atoms with Crippen LogP contribution in [0.15, 0.2) is 42.5 Å². The Labute approximate surface area is 145 Å². The molecule has 0 aliphatic heterocycles. The van der Waals surface area contributed by atoms with Gasteiger partial charge >= 0.3 is 5.97 Å². The third-order valence-electron chi connectivity index (χ3n) is 4.00. The van der Waals surface area contributed by atoms with Gasteiger partial charge in [-0.1, -0.05) is 0 Å². The lowest BCUT2D eigenvalue weighted by atomic mass is 10.1. The van der Waals surface area contributed by atoms with Crippen LogP contribution in [0.4, 0.5) is 5.69 Å². The highest BCUT2D eigenvalue weighted by Crippen LogP contribution is 2.30. The number of carbonyl (C=O) groups is 2. The predicted octanol–water partition coefficient (Wildman–Crippen LogP) is 3.43. The van der Waals surface area contributed by atoms with Crippen LogP contribution in [0.25, 0.3) is 0 Å². The first kappa shape index (κ1) is 16.8. The molecule has 1 aliphatic rings. The van der Waals surface area contributed by atoms with Gasteiger partial charge in [-0.3, -0.25) is 4.79 Å². The van der Waals surface area contributed by atoms with Gasteiger partial charge in [0.25, 0.3) is 5.91 Å². The molecule has 6 nitrogen and oxygen atoms in total. The van der Waals surface area contributed by atoms with E-state index in [1.54, 1.807) is 24.3 Å². The van der Waals surface area contributed by atoms with Crippen molar-refractivity contribution in [2.75, 3.05) is 19.0 Å². The second-order valence-corrected chi connectivity index (χ2v) is 5.95. The van der Waals surface area contributed by atoms with Gasteiger partial charge in [0.15, 0.2) is 0 Å². The minimum Gasteiger partial charge on any atom is -0.495 e. The van der Waals surface area contributed by atoms with Crippen molar-refractivity contribution in [3.8, 4) is 11.5 Å². The second kappa shape index (κ2) is 7.25. The molecule has 2 N–H and O–H groups in total. The van der Waals surface area contributed by atoms with E-state index in [0.29, 0.717) is 17.2 Å². The minimum atomic E-state index is -1.06. The lowest BCUT2D eigenvalue weighted by Crippen LogP contribution is -2.13. The number of ether oxygens (including phenoxy) is 2. The summed E-state index contributed by atoms with van der Waals surface area (Å²) in [6.45, 7) is 0.721. The Bertz CT molecular complexity index is 781. The van der Waals surface area contributed by atoms with E-state index < -0.39 is 5.97 Å². The second-order valence-electron chi connectivity index (χ2n) is 5.95. The SMILES string of the molecule is COc1cc(C(=O)O)ccc1NC(=O)c1ccc(OCC2CC2)cc1. The molecule has 0 spiro atoms. The molecule has 1 fully saturated rings. The Morgan fingerprint density at radius 2 is 1.80 bits per heavy atom. The Balaban J connectivity index is 1.67. The summed E-state index contributed by atoms with van der Waals surface area (Å²) in [6, 6.07) is 11.2. The standard InChI is InChI=1S/C19H19NO5/c1-24-17-10-14(19(22)23)6-9-16(17)20-18(21)13-4-7-15(8-5-13)25-11-12-2-3-12/h4-10,12H,2-3,11H2,1H3,(H,20,21)(H,22,23). The fourth-order valence-corrected chi connectivity index (χ4v) is 2.32. The van der Waals surface area contributed by atoms with Crippen LogP contribution < -0.4 is 14.8 Å². The number of carbonyl (C=O) groups excluding carboxylic acids is 1. The van der Waals surface area contributed by atoms with Crippen LogP contribution >= 0.6 is 0 Å². The molecular formula is C19H19NO5. The van der Waals surface area contributed by atoms with Crippen LogP contribution in [0.5, 0.6) is 11.5 Å². The summed E-state index contributed by atoms with van der Waals surface area (Å²) in [5.74, 6) is 0.335. The van der Waals surface area contributed by atoms with E-state index in [2.05, 4.69) is 5.32 Å². The molecule has 0 atom stereocenters. The quantitative estimate of drug-likeness (QED) is 0.806. The highest BCUT2D eigenvalue weighted by Gasteiger charge is 2.21. The molecular weight excluding hydrogens is 322 g/mol. The van der Waals surface area contributed by atoms with E-state index >= 15 is 0 Å². The van der Waals surface area contributed by atoms with E-state index in [0.717, 1.165) is 12.4 Å². The van der Waals surface area contributed by atoms with Crippen molar-refractivity contribution in [2.24, 2.45) is 5.92 Å². The summed E-state index contributed by atoms with van der Waals surface area (Å²) < 4.78 is 10.8. The molecule has 1 saturated carbocycles. The van der Waals surface area contributed by atoms with Gasteiger partial charge in [0, 0.05) is 5.56 Å². The summed E-state index contributed by atoms with van der Waals surface area (Å²) >= 11 is 0. The predicted molar refractivity (Wildman–Crippen MR) is 92.6 cm³/mol. The molecule has 0 saturated heterocycles. The highest BCUT2D eigenvalue weighted by molar-refractivity contribution is 6.05. The molecule has 130 valence electrons. The molecule has 3 rings (SSSR count). The lowest BCUT2D eigenvalue weighted by molar-refractivity contribution is 0.0696. The van der Waals surface area contributed by atoms with Gasteiger partial charge < -0.3 is 19.9 Å². The monoisotopic (exact) mass is 341 g/mol. The molecule has 0 heterocycles. The number of amides is 1. The van der Waals surface area contributed by atoms with Crippen LogP contribution in [0, 0.1) is 5.92 Å². The molecule has 0 unspecified atom stereocenters. The third-order valence-corrected chi connectivity index (χ3v) is 4.00. The highest BCUT2D eigenvalue weighted by atomic mass is 16.5. The maximum Gasteiger partial charge on any atom is 0.335 e. The van der Waals surface area contributed by atoms with Crippen molar-refractivity contribution in [1.29, 1.82) is 0 Å². The Morgan fingerprint density at radius 3 is 2.40 bits per heavy atom. The first-order valence-corrected chi connectivity index (χ1v) is 8.02. The number of benzene rings is 2.